The van der Waals surface area contributed by atoms with Gasteiger partial charge in [-0.25, -0.2) is 33.5 Å². The van der Waals surface area contributed by atoms with Crippen LogP contribution in [0.15, 0.2) is 30.6 Å². The number of aromatic nitrogens is 5. The van der Waals surface area contributed by atoms with Crippen LogP contribution in [0.5, 0.6) is 0 Å². The molecule has 9 nitrogen and oxygen atoms in total. The third-order valence-corrected chi connectivity index (χ3v) is 6.23. The molecule has 0 spiro atoms. The summed E-state index contributed by atoms with van der Waals surface area (Å²) in [6.07, 6.45) is 3.04. The van der Waals surface area contributed by atoms with E-state index in [1.807, 2.05) is 25.3 Å². The maximum atomic E-state index is 14.9. The fourth-order valence-electron chi connectivity index (χ4n) is 4.59. The van der Waals surface area contributed by atoms with E-state index in [-0.39, 0.29) is 28.8 Å². The molecule has 0 fully saturated rings. The molecule has 0 atom stereocenters. The van der Waals surface area contributed by atoms with Gasteiger partial charge in [-0.05, 0) is 56.5 Å². The Morgan fingerprint density at radius 1 is 1.08 bits per heavy atom. The van der Waals surface area contributed by atoms with Crippen molar-refractivity contribution in [2.75, 3.05) is 19.0 Å². The Labute approximate surface area is 206 Å². The predicted octanol–water partition coefficient (Wildman–Crippen LogP) is 4.92. The molecular weight excluding hydrogens is 468 g/mol. The fraction of sp³-hybridized carbons (Fsp3) is 0.320. The number of anilines is 2. The third-order valence-electron chi connectivity index (χ3n) is 6.23. The molecule has 0 bridgehead atoms. The molecule has 1 N–H and O–H groups in total. The number of pyridine rings is 1. The first-order valence-electron chi connectivity index (χ1n) is 11.5. The minimum absolute atomic E-state index is 0.0438. The van der Waals surface area contributed by atoms with Gasteiger partial charge in [-0.2, -0.15) is 0 Å². The van der Waals surface area contributed by atoms with Gasteiger partial charge in [-0.3, -0.25) is 0 Å². The number of hydrogen-bond acceptors (Lipinski definition) is 7. The van der Waals surface area contributed by atoms with E-state index in [1.165, 1.54) is 13.2 Å². The first-order chi connectivity index (χ1) is 17.2. The molecule has 1 aliphatic rings. The Balaban J connectivity index is 1.48. The lowest BCUT2D eigenvalue weighted by Crippen LogP contribution is -2.35. The molecule has 5 rings (SSSR count). The minimum atomic E-state index is -0.682. The van der Waals surface area contributed by atoms with Crippen molar-refractivity contribution in [2.24, 2.45) is 0 Å². The average molecular weight is 494 g/mol. The van der Waals surface area contributed by atoms with Crippen molar-refractivity contribution in [2.45, 2.75) is 39.8 Å². The number of carbonyl (C=O) groups is 1. The van der Waals surface area contributed by atoms with Gasteiger partial charge in [0.25, 0.3) is 0 Å². The summed E-state index contributed by atoms with van der Waals surface area (Å²) in [6.45, 7) is 6.69. The van der Waals surface area contributed by atoms with E-state index in [2.05, 4.69) is 25.3 Å². The number of ether oxygens (including phenoxy) is 1. The Hall–Kier alpha value is -4.15. The summed E-state index contributed by atoms with van der Waals surface area (Å²) in [6, 6.07) is 4.76. The largest absolute Gasteiger partial charge is 0.453 e. The maximum Gasteiger partial charge on any atom is 0.409 e. The maximum absolute atomic E-state index is 14.9. The normalized spacial score (nSPS) is 13.2. The molecule has 0 saturated carbocycles. The summed E-state index contributed by atoms with van der Waals surface area (Å²) in [5.74, 6) is -0.0182. The number of methoxy groups -OCH3 is 1. The number of imidazole rings is 1. The monoisotopic (exact) mass is 493 g/mol. The summed E-state index contributed by atoms with van der Waals surface area (Å²) in [5, 5.41) is 2.99. The van der Waals surface area contributed by atoms with Gasteiger partial charge < -0.3 is 19.5 Å². The molecule has 0 aliphatic carbocycles. The summed E-state index contributed by atoms with van der Waals surface area (Å²) in [4.78, 5) is 30.6. The molecule has 0 unspecified atom stereocenters. The number of nitrogens with one attached hydrogen (secondary N) is 1. The van der Waals surface area contributed by atoms with E-state index >= 15 is 0 Å². The number of aryl methyl sites for hydroxylation is 1. The number of carbonyl (C=O) groups excluding carboxylic acids is 1. The Morgan fingerprint density at radius 3 is 2.64 bits per heavy atom. The Kier molecular flexibility index (Phi) is 5.99. The molecule has 1 amide bonds. The van der Waals surface area contributed by atoms with Crippen molar-refractivity contribution in [1.82, 2.24) is 29.4 Å². The van der Waals surface area contributed by atoms with Gasteiger partial charge in [0.15, 0.2) is 11.6 Å². The molecule has 0 saturated heterocycles. The number of hydrogen-bond donors (Lipinski definition) is 1. The number of rotatable bonds is 4. The van der Waals surface area contributed by atoms with Crippen molar-refractivity contribution in [3.8, 4) is 11.3 Å². The number of benzene rings is 1. The highest BCUT2D eigenvalue weighted by atomic mass is 19.1. The molecule has 186 valence electrons. The highest BCUT2D eigenvalue weighted by molar-refractivity contribution is 5.83. The van der Waals surface area contributed by atoms with Crippen LogP contribution in [-0.2, 0) is 17.7 Å². The van der Waals surface area contributed by atoms with Crippen LogP contribution in [0.2, 0.25) is 0 Å². The zero-order chi connectivity index (χ0) is 25.6. The summed E-state index contributed by atoms with van der Waals surface area (Å²) < 4.78 is 36.5. The first-order valence-corrected chi connectivity index (χ1v) is 11.5. The second-order valence-electron chi connectivity index (χ2n) is 8.94. The van der Waals surface area contributed by atoms with Gasteiger partial charge in [0.05, 0.1) is 18.8 Å². The topological polar surface area (TPSA) is 98.1 Å². The predicted molar refractivity (Wildman–Crippen MR) is 130 cm³/mol. The molecular formula is C25H25F2N7O2. The van der Waals surface area contributed by atoms with Crippen molar-refractivity contribution in [3.05, 3.63) is 59.2 Å². The van der Waals surface area contributed by atoms with Crippen molar-refractivity contribution in [3.63, 3.8) is 0 Å². The molecule has 4 aromatic rings. The van der Waals surface area contributed by atoms with Crippen molar-refractivity contribution in [1.29, 1.82) is 0 Å². The van der Waals surface area contributed by atoms with Crippen LogP contribution in [0, 0.1) is 18.6 Å². The lowest BCUT2D eigenvalue weighted by atomic mass is 10.0. The number of fused-ring (bicyclic) bond motifs is 2. The Morgan fingerprint density at radius 2 is 1.89 bits per heavy atom. The average Bonchev–Trinajstić information content (AvgIpc) is 3.20. The van der Waals surface area contributed by atoms with Crippen molar-refractivity contribution < 1.29 is 18.3 Å². The zero-order valence-electron chi connectivity index (χ0n) is 20.3. The van der Waals surface area contributed by atoms with Gasteiger partial charge in [0.1, 0.15) is 22.9 Å². The van der Waals surface area contributed by atoms with Gasteiger partial charge >= 0.3 is 6.09 Å². The summed E-state index contributed by atoms with van der Waals surface area (Å²) >= 11 is 0. The molecule has 3 aromatic heterocycles. The van der Waals surface area contributed by atoms with Crippen LogP contribution >= 0.6 is 0 Å². The second kappa shape index (κ2) is 9.14. The van der Waals surface area contributed by atoms with Crippen LogP contribution in [-0.4, -0.2) is 49.2 Å². The van der Waals surface area contributed by atoms with Crippen LogP contribution in [0.4, 0.5) is 25.3 Å². The second-order valence-corrected chi connectivity index (χ2v) is 8.94. The first kappa shape index (κ1) is 23.6. The van der Waals surface area contributed by atoms with E-state index < -0.39 is 17.7 Å². The molecule has 0 radical (unpaired) electrons. The van der Waals surface area contributed by atoms with Gasteiger partial charge in [-0.1, -0.05) is 0 Å². The third kappa shape index (κ3) is 4.21. The van der Waals surface area contributed by atoms with Crippen LogP contribution < -0.4 is 5.32 Å². The van der Waals surface area contributed by atoms with E-state index in [9.17, 15) is 13.6 Å². The highest BCUT2D eigenvalue weighted by Gasteiger charge is 2.22. The highest BCUT2D eigenvalue weighted by Crippen LogP contribution is 2.30. The number of halogens is 2. The zero-order valence-corrected chi connectivity index (χ0v) is 20.3. The number of amides is 1. The molecule has 4 heterocycles. The van der Waals surface area contributed by atoms with Gasteiger partial charge in [0, 0.05) is 30.9 Å². The van der Waals surface area contributed by atoms with Crippen LogP contribution in [0.25, 0.3) is 22.3 Å². The molecule has 36 heavy (non-hydrogen) atoms. The lowest BCUT2D eigenvalue weighted by Gasteiger charge is -2.27. The van der Waals surface area contributed by atoms with E-state index in [4.69, 9.17) is 4.74 Å². The Bertz CT molecular complexity index is 1490. The molecule has 1 aliphatic heterocycles. The van der Waals surface area contributed by atoms with Crippen molar-refractivity contribution >= 4 is 28.9 Å². The van der Waals surface area contributed by atoms with Gasteiger partial charge in [0.2, 0.25) is 5.95 Å². The minimum Gasteiger partial charge on any atom is -0.453 e. The smallest absolute Gasteiger partial charge is 0.409 e. The summed E-state index contributed by atoms with van der Waals surface area (Å²) in [7, 11) is 1.35. The lowest BCUT2D eigenvalue weighted by molar-refractivity contribution is 0.118. The fourth-order valence-corrected chi connectivity index (χ4v) is 4.59. The quantitative estimate of drug-likeness (QED) is 0.431. The standard InChI is InChI=1S/C25H25F2N7O2/c1-13(2)34-14(3)30-23-18(26)7-16(8-20(23)34)22-19(27)11-29-24(32-22)31-21-9-17-12-33(25(35)36-4)6-5-15(17)10-28-21/h7-11,13H,5-6,12H2,1-4H3,(H,28,29,31,32). The summed E-state index contributed by atoms with van der Waals surface area (Å²) in [5.41, 5.74) is 2.97. The molecule has 1 aromatic carbocycles. The molecule has 11 heteroatoms. The van der Waals surface area contributed by atoms with E-state index in [1.54, 1.807) is 23.2 Å². The van der Waals surface area contributed by atoms with Crippen LogP contribution in [0.1, 0.15) is 36.8 Å². The van der Waals surface area contributed by atoms with E-state index in [0.29, 0.717) is 36.7 Å². The van der Waals surface area contributed by atoms with E-state index in [0.717, 1.165) is 17.3 Å². The van der Waals surface area contributed by atoms with Gasteiger partial charge in [-0.15, -0.1) is 0 Å². The SMILES string of the molecule is COC(=O)N1CCc2cnc(Nc3ncc(F)c(-c4cc(F)c5nc(C)n(C(C)C)c5c4)n3)cc2C1. The van der Waals surface area contributed by atoms with Crippen LogP contribution in [0.3, 0.4) is 0 Å². The number of nitrogens with zero attached hydrogens (tertiary/aromatic N) is 6.